The molecule has 3 aromatic rings. The number of ether oxygens (including phenoxy) is 2. The molecule has 0 saturated carbocycles. The molecule has 0 aliphatic carbocycles. The number of halogens is 1. The van der Waals surface area contributed by atoms with Crippen LogP contribution in [0.25, 0.3) is 5.69 Å². The first-order valence-electron chi connectivity index (χ1n) is 9.50. The van der Waals surface area contributed by atoms with Gasteiger partial charge in [-0.25, -0.2) is 14.2 Å². The smallest absolute Gasteiger partial charge is 0.360 e. The fraction of sp³-hybridized carbons (Fsp3) is 0.227. The number of hydrogen-bond donors (Lipinski definition) is 0. The number of benzene rings is 2. The molecule has 0 bridgehead atoms. The van der Waals surface area contributed by atoms with E-state index in [1.165, 1.54) is 19.2 Å². The number of fused-ring (bicyclic) bond motifs is 3. The minimum absolute atomic E-state index is 0.0261. The number of esters is 2. The summed E-state index contributed by atoms with van der Waals surface area (Å²) in [5, 5.41) is 0. The van der Waals surface area contributed by atoms with Crippen LogP contribution in [0.1, 0.15) is 35.4 Å². The summed E-state index contributed by atoms with van der Waals surface area (Å²) < 4.78 is 25.5. The largest absolute Gasteiger partial charge is 0.469 e. The zero-order valence-electron chi connectivity index (χ0n) is 16.5. The van der Waals surface area contributed by atoms with Crippen molar-refractivity contribution in [2.24, 2.45) is 0 Å². The molecule has 8 heteroatoms. The summed E-state index contributed by atoms with van der Waals surface area (Å²) in [6.07, 6.45) is 1.57. The summed E-state index contributed by atoms with van der Waals surface area (Å²) in [6, 6.07) is 12.9. The van der Waals surface area contributed by atoms with Gasteiger partial charge in [0.25, 0.3) is 0 Å². The van der Waals surface area contributed by atoms with E-state index in [9.17, 15) is 14.0 Å². The third-order valence-electron chi connectivity index (χ3n) is 5.00. The van der Waals surface area contributed by atoms with Crippen LogP contribution in [0.3, 0.4) is 0 Å². The zero-order valence-corrected chi connectivity index (χ0v) is 16.5. The van der Waals surface area contributed by atoms with Gasteiger partial charge in [0.15, 0.2) is 11.5 Å². The van der Waals surface area contributed by atoms with Crippen LogP contribution >= 0.6 is 0 Å². The molecule has 2 heterocycles. The van der Waals surface area contributed by atoms with Gasteiger partial charge >= 0.3 is 11.9 Å². The molecular formula is C22H20FN3O4. The molecule has 1 atom stereocenters. The Hall–Kier alpha value is -3.68. The number of aromatic nitrogens is 2. The van der Waals surface area contributed by atoms with Crippen molar-refractivity contribution >= 4 is 23.4 Å². The summed E-state index contributed by atoms with van der Waals surface area (Å²) in [4.78, 5) is 31.0. The second kappa shape index (κ2) is 7.98. The Kier molecular flexibility index (Phi) is 5.22. The van der Waals surface area contributed by atoms with Crippen molar-refractivity contribution in [1.82, 2.24) is 9.55 Å². The van der Waals surface area contributed by atoms with Crippen molar-refractivity contribution < 1.29 is 23.5 Å². The Bertz CT molecular complexity index is 1090. The number of imidazole rings is 1. The Morgan fingerprint density at radius 2 is 1.87 bits per heavy atom. The third kappa shape index (κ3) is 3.30. The molecule has 0 saturated heterocycles. The third-order valence-corrected chi connectivity index (χ3v) is 5.00. The van der Waals surface area contributed by atoms with Gasteiger partial charge in [0.2, 0.25) is 0 Å². The molecule has 1 aliphatic heterocycles. The summed E-state index contributed by atoms with van der Waals surface area (Å²) in [7, 11) is 1.33. The second-order valence-electron chi connectivity index (χ2n) is 6.71. The van der Waals surface area contributed by atoms with Crippen molar-refractivity contribution in [3.8, 4) is 5.69 Å². The maximum Gasteiger partial charge on any atom is 0.360 e. The van der Waals surface area contributed by atoms with Crippen LogP contribution < -0.4 is 4.90 Å². The van der Waals surface area contributed by atoms with Gasteiger partial charge in [0.05, 0.1) is 31.9 Å². The molecule has 154 valence electrons. The maximum absolute atomic E-state index is 13.6. The van der Waals surface area contributed by atoms with Crippen molar-refractivity contribution in [2.45, 2.75) is 19.4 Å². The highest BCUT2D eigenvalue weighted by molar-refractivity contribution is 5.95. The van der Waals surface area contributed by atoms with E-state index < -0.39 is 18.0 Å². The SMILES string of the molecule is CCOC(=O)c1ncn2c1N(c1ccc(F)cc1)C(CC(=O)OC)c1ccccc1-2. The number of para-hydroxylation sites is 1. The molecule has 0 fully saturated rings. The molecule has 0 spiro atoms. The van der Waals surface area contributed by atoms with Crippen molar-refractivity contribution in [1.29, 1.82) is 0 Å². The van der Waals surface area contributed by atoms with Crippen LogP contribution in [0, 0.1) is 5.82 Å². The van der Waals surface area contributed by atoms with E-state index in [1.807, 2.05) is 24.3 Å². The highest BCUT2D eigenvalue weighted by atomic mass is 19.1. The van der Waals surface area contributed by atoms with Crippen LogP contribution in [0.15, 0.2) is 54.9 Å². The highest BCUT2D eigenvalue weighted by Gasteiger charge is 2.38. The zero-order chi connectivity index (χ0) is 21.3. The van der Waals surface area contributed by atoms with E-state index >= 15 is 0 Å². The molecule has 1 aromatic heterocycles. The number of nitrogens with zero attached hydrogens (tertiary/aromatic N) is 3. The monoisotopic (exact) mass is 409 g/mol. The fourth-order valence-electron chi connectivity index (χ4n) is 3.71. The fourth-order valence-corrected chi connectivity index (χ4v) is 3.71. The van der Waals surface area contributed by atoms with Gasteiger partial charge < -0.3 is 14.4 Å². The van der Waals surface area contributed by atoms with Gasteiger partial charge in [0.1, 0.15) is 12.1 Å². The lowest BCUT2D eigenvalue weighted by Gasteiger charge is -2.39. The number of rotatable bonds is 5. The second-order valence-corrected chi connectivity index (χ2v) is 6.71. The summed E-state index contributed by atoms with van der Waals surface area (Å²) in [6.45, 7) is 1.91. The highest BCUT2D eigenvalue weighted by Crippen LogP contribution is 2.45. The molecule has 0 N–H and O–H groups in total. The lowest BCUT2D eigenvalue weighted by molar-refractivity contribution is -0.141. The molecule has 0 radical (unpaired) electrons. The lowest BCUT2D eigenvalue weighted by Crippen LogP contribution is -2.33. The number of anilines is 2. The topological polar surface area (TPSA) is 73.7 Å². The predicted molar refractivity (Wildman–Crippen MR) is 107 cm³/mol. The van der Waals surface area contributed by atoms with Crippen LogP contribution in [0.2, 0.25) is 0 Å². The molecule has 4 rings (SSSR count). The van der Waals surface area contributed by atoms with Crippen molar-refractivity contribution in [3.05, 3.63) is 71.9 Å². The molecule has 30 heavy (non-hydrogen) atoms. The average molecular weight is 409 g/mol. The first-order valence-corrected chi connectivity index (χ1v) is 9.50. The minimum Gasteiger partial charge on any atom is -0.469 e. The molecule has 1 aliphatic rings. The van der Waals surface area contributed by atoms with Gasteiger partial charge in [0, 0.05) is 5.69 Å². The van der Waals surface area contributed by atoms with E-state index in [0.29, 0.717) is 11.5 Å². The average Bonchev–Trinajstić information content (AvgIpc) is 3.20. The van der Waals surface area contributed by atoms with Gasteiger partial charge in [-0.15, -0.1) is 0 Å². The van der Waals surface area contributed by atoms with E-state index in [1.54, 1.807) is 34.9 Å². The Balaban J connectivity index is 1.97. The lowest BCUT2D eigenvalue weighted by atomic mass is 9.96. The normalized spacial score (nSPS) is 14.6. The van der Waals surface area contributed by atoms with E-state index in [2.05, 4.69) is 4.98 Å². The van der Waals surface area contributed by atoms with E-state index in [4.69, 9.17) is 9.47 Å². The number of carbonyl (C=O) groups excluding carboxylic acids is 2. The van der Waals surface area contributed by atoms with Crippen LogP contribution in [0.4, 0.5) is 15.9 Å². The number of methoxy groups -OCH3 is 1. The Morgan fingerprint density at radius 1 is 1.13 bits per heavy atom. The van der Waals surface area contributed by atoms with E-state index in [-0.39, 0.29) is 24.5 Å². The van der Waals surface area contributed by atoms with Crippen LogP contribution in [0.5, 0.6) is 0 Å². The summed E-state index contributed by atoms with van der Waals surface area (Å²) in [5.74, 6) is -0.922. The standard InChI is InChI=1S/C22H20FN3O4/c1-3-30-22(28)20-21-25(13-24-20)17-7-5-4-6-16(17)18(12-19(27)29-2)26(21)15-10-8-14(23)9-11-15/h4-11,13,18H,3,12H2,1-2H3. The van der Waals surface area contributed by atoms with Crippen LogP contribution in [-0.2, 0) is 14.3 Å². The first-order chi connectivity index (χ1) is 14.5. The van der Waals surface area contributed by atoms with Gasteiger partial charge in [-0.05, 0) is 42.8 Å². The minimum atomic E-state index is -0.574. The summed E-state index contributed by atoms with van der Waals surface area (Å²) in [5.41, 5.74) is 2.37. The molecule has 2 aromatic carbocycles. The molecule has 7 nitrogen and oxygen atoms in total. The molecule has 0 amide bonds. The van der Waals surface area contributed by atoms with Crippen molar-refractivity contribution in [2.75, 3.05) is 18.6 Å². The maximum atomic E-state index is 13.6. The summed E-state index contributed by atoms with van der Waals surface area (Å²) >= 11 is 0. The van der Waals surface area contributed by atoms with Gasteiger partial charge in [-0.1, -0.05) is 18.2 Å². The Labute approximate surface area is 172 Å². The van der Waals surface area contributed by atoms with Crippen molar-refractivity contribution in [3.63, 3.8) is 0 Å². The quantitative estimate of drug-likeness (QED) is 0.594. The van der Waals surface area contributed by atoms with Gasteiger partial charge in [-0.3, -0.25) is 9.36 Å². The van der Waals surface area contributed by atoms with Gasteiger partial charge in [-0.2, -0.15) is 0 Å². The van der Waals surface area contributed by atoms with E-state index in [0.717, 1.165) is 11.3 Å². The Morgan fingerprint density at radius 3 is 2.57 bits per heavy atom. The number of hydrogen-bond acceptors (Lipinski definition) is 6. The first kappa shape index (κ1) is 19.6. The molecular weight excluding hydrogens is 389 g/mol. The van der Waals surface area contributed by atoms with Crippen LogP contribution in [-0.4, -0.2) is 35.2 Å². The number of carbonyl (C=O) groups is 2. The molecule has 1 unspecified atom stereocenters. The predicted octanol–water partition coefficient (Wildman–Crippen LogP) is 3.94.